The van der Waals surface area contributed by atoms with Gasteiger partial charge in [-0.05, 0) is 67.1 Å². The molecule has 0 N–H and O–H groups in total. The zero-order valence-electron chi connectivity index (χ0n) is 18.6. The first-order valence-electron chi connectivity index (χ1n) is 11.3. The number of rotatable bonds is 5. The lowest BCUT2D eigenvalue weighted by Crippen LogP contribution is -2.33. The molecule has 0 fully saturated rings. The van der Waals surface area contributed by atoms with Crippen LogP contribution in [0.4, 0.5) is 0 Å². The maximum Gasteiger partial charge on any atom is 0.213 e. The van der Waals surface area contributed by atoms with Gasteiger partial charge < -0.3 is 13.9 Å². The Morgan fingerprint density at radius 2 is 1.82 bits per heavy atom. The summed E-state index contributed by atoms with van der Waals surface area (Å²) >= 11 is 6.32. The predicted molar refractivity (Wildman–Crippen MR) is 131 cm³/mol. The fourth-order valence-electron chi connectivity index (χ4n) is 4.49. The Morgan fingerprint density at radius 3 is 2.59 bits per heavy atom. The lowest BCUT2D eigenvalue weighted by atomic mass is 9.97. The second kappa shape index (κ2) is 8.58. The van der Waals surface area contributed by atoms with Crippen molar-refractivity contribution in [3.05, 3.63) is 118 Å². The second-order valence-corrected chi connectivity index (χ2v) is 8.99. The van der Waals surface area contributed by atoms with Crippen molar-refractivity contribution in [3.63, 3.8) is 0 Å². The van der Waals surface area contributed by atoms with E-state index in [2.05, 4.69) is 12.1 Å². The highest BCUT2D eigenvalue weighted by molar-refractivity contribution is 6.30. The van der Waals surface area contributed by atoms with Crippen molar-refractivity contribution in [2.24, 2.45) is 5.10 Å². The van der Waals surface area contributed by atoms with Gasteiger partial charge in [0, 0.05) is 22.6 Å². The van der Waals surface area contributed by atoms with Gasteiger partial charge in [-0.15, -0.1) is 0 Å². The van der Waals surface area contributed by atoms with Gasteiger partial charge in [-0.3, -0.25) is 0 Å². The number of hydrogen-bond acceptors (Lipinski definition) is 5. The van der Waals surface area contributed by atoms with Crippen LogP contribution in [0.2, 0.25) is 5.02 Å². The number of ether oxygens (including phenoxy) is 2. The zero-order chi connectivity index (χ0) is 23.1. The van der Waals surface area contributed by atoms with Gasteiger partial charge in [-0.25, -0.2) is 5.01 Å². The topological polar surface area (TPSA) is 47.2 Å². The van der Waals surface area contributed by atoms with Gasteiger partial charge in [0.15, 0.2) is 0 Å². The van der Waals surface area contributed by atoms with E-state index in [1.54, 1.807) is 0 Å². The van der Waals surface area contributed by atoms with E-state index in [9.17, 15) is 0 Å². The summed E-state index contributed by atoms with van der Waals surface area (Å²) in [6, 6.07) is 27.9. The van der Waals surface area contributed by atoms with Crippen molar-refractivity contribution in [2.75, 3.05) is 0 Å². The number of benzene rings is 3. The highest BCUT2D eigenvalue weighted by Crippen LogP contribution is 2.48. The first kappa shape index (κ1) is 20.9. The number of aryl methyl sites for hydroxylation is 1. The third kappa shape index (κ3) is 3.93. The van der Waals surface area contributed by atoms with Crippen LogP contribution in [0.3, 0.4) is 0 Å². The van der Waals surface area contributed by atoms with Crippen LogP contribution in [-0.4, -0.2) is 10.7 Å². The van der Waals surface area contributed by atoms with E-state index in [1.165, 1.54) is 0 Å². The Balaban J connectivity index is 1.29. The average Bonchev–Trinajstić information content (AvgIpc) is 3.50. The van der Waals surface area contributed by atoms with E-state index >= 15 is 0 Å². The molecule has 5 nitrogen and oxygen atoms in total. The molecular weight excluding hydrogens is 448 g/mol. The summed E-state index contributed by atoms with van der Waals surface area (Å²) in [4.78, 5) is 0. The lowest BCUT2D eigenvalue weighted by Gasteiger charge is -2.38. The van der Waals surface area contributed by atoms with Crippen LogP contribution in [-0.2, 0) is 6.61 Å². The van der Waals surface area contributed by atoms with Crippen LogP contribution >= 0.6 is 11.6 Å². The lowest BCUT2D eigenvalue weighted by molar-refractivity contribution is -0.0190. The molecule has 3 heterocycles. The van der Waals surface area contributed by atoms with Crippen molar-refractivity contribution >= 4 is 17.3 Å². The molecule has 1 aromatic heterocycles. The van der Waals surface area contributed by atoms with Crippen molar-refractivity contribution in [3.8, 4) is 11.5 Å². The van der Waals surface area contributed by atoms with E-state index in [-0.39, 0.29) is 12.3 Å². The molecule has 0 saturated carbocycles. The Hall–Kier alpha value is -3.70. The number of hydrogen-bond donors (Lipinski definition) is 0. The zero-order valence-corrected chi connectivity index (χ0v) is 19.4. The minimum absolute atomic E-state index is 0.0156. The first-order valence-corrected chi connectivity index (χ1v) is 11.7. The number of nitrogens with zero attached hydrogens (tertiary/aromatic N) is 2. The highest BCUT2D eigenvalue weighted by Gasteiger charge is 2.41. The number of fused-ring (bicyclic) bond motifs is 3. The van der Waals surface area contributed by atoms with Gasteiger partial charge in [0.1, 0.15) is 35.3 Å². The minimum atomic E-state index is -0.365. The molecule has 0 spiro atoms. The van der Waals surface area contributed by atoms with Gasteiger partial charge >= 0.3 is 0 Å². The molecule has 0 unspecified atom stereocenters. The molecule has 0 amide bonds. The molecule has 0 aliphatic carbocycles. The fraction of sp³-hybridized carbons (Fsp3) is 0.179. The van der Waals surface area contributed by atoms with E-state index in [0.717, 1.165) is 51.8 Å². The predicted octanol–water partition coefficient (Wildman–Crippen LogP) is 7.06. The van der Waals surface area contributed by atoms with Crippen LogP contribution in [0.1, 0.15) is 46.9 Å². The monoisotopic (exact) mass is 470 g/mol. The summed E-state index contributed by atoms with van der Waals surface area (Å²) in [5, 5.41) is 7.64. The van der Waals surface area contributed by atoms with Gasteiger partial charge in [0.2, 0.25) is 6.23 Å². The number of furan rings is 1. The van der Waals surface area contributed by atoms with Crippen molar-refractivity contribution in [2.45, 2.75) is 32.2 Å². The molecule has 2 aliphatic rings. The first-order chi connectivity index (χ1) is 16.6. The maximum atomic E-state index is 6.43. The van der Waals surface area contributed by atoms with Crippen LogP contribution in [0.15, 0.2) is 94.4 Å². The number of halogens is 1. The Labute approximate surface area is 203 Å². The van der Waals surface area contributed by atoms with Gasteiger partial charge in [0.05, 0.1) is 6.04 Å². The molecule has 2 atom stereocenters. The summed E-state index contributed by atoms with van der Waals surface area (Å²) in [5.74, 6) is 3.29. The van der Waals surface area contributed by atoms with Gasteiger partial charge in [0.25, 0.3) is 0 Å². The van der Waals surface area contributed by atoms with Crippen LogP contribution in [0.25, 0.3) is 0 Å². The van der Waals surface area contributed by atoms with Gasteiger partial charge in [-0.2, -0.15) is 5.10 Å². The molecule has 0 radical (unpaired) electrons. The molecule has 4 aromatic rings. The van der Waals surface area contributed by atoms with E-state index in [1.807, 2.05) is 84.7 Å². The van der Waals surface area contributed by atoms with E-state index in [4.69, 9.17) is 30.6 Å². The maximum absolute atomic E-state index is 6.43. The fourth-order valence-corrected chi connectivity index (χ4v) is 4.67. The van der Waals surface area contributed by atoms with E-state index < -0.39 is 0 Å². The minimum Gasteiger partial charge on any atom is -0.489 e. The molecular formula is C28H23ClN2O3. The largest absolute Gasteiger partial charge is 0.489 e. The Morgan fingerprint density at radius 1 is 1.00 bits per heavy atom. The molecule has 6 heteroatoms. The van der Waals surface area contributed by atoms with E-state index in [0.29, 0.717) is 11.6 Å². The van der Waals surface area contributed by atoms with Crippen molar-refractivity contribution in [1.82, 2.24) is 5.01 Å². The normalized spacial score (nSPS) is 18.6. The third-order valence-corrected chi connectivity index (χ3v) is 6.43. The summed E-state index contributed by atoms with van der Waals surface area (Å²) in [6.45, 7) is 2.47. The Bertz CT molecular complexity index is 1350. The molecule has 0 bridgehead atoms. The van der Waals surface area contributed by atoms with Crippen LogP contribution < -0.4 is 9.47 Å². The molecule has 170 valence electrons. The molecule has 6 rings (SSSR count). The van der Waals surface area contributed by atoms with Crippen LogP contribution in [0, 0.1) is 6.92 Å². The standard InChI is InChI=1S/C28H23ClN2O3/c1-18-7-13-27(33-18)24-16-25-23-15-21(29)10-14-26(23)34-28(31(25)30-24)20-8-11-22(12-9-20)32-17-19-5-3-2-4-6-19/h2-15,25,28H,16-17H2,1H3/t25-,28+/m1/s1. The second-order valence-electron chi connectivity index (χ2n) is 8.55. The number of hydrazone groups is 1. The summed E-state index contributed by atoms with van der Waals surface area (Å²) < 4.78 is 18.3. The van der Waals surface area contributed by atoms with Gasteiger partial charge in [-0.1, -0.05) is 41.9 Å². The molecule has 3 aromatic carbocycles. The average molecular weight is 471 g/mol. The highest BCUT2D eigenvalue weighted by atomic mass is 35.5. The Kier molecular flexibility index (Phi) is 5.27. The third-order valence-electron chi connectivity index (χ3n) is 6.19. The quantitative estimate of drug-likeness (QED) is 0.313. The summed E-state index contributed by atoms with van der Waals surface area (Å²) in [7, 11) is 0. The summed E-state index contributed by atoms with van der Waals surface area (Å²) in [5.41, 5.74) is 4.07. The molecule has 2 aliphatic heterocycles. The van der Waals surface area contributed by atoms with Crippen molar-refractivity contribution < 1.29 is 13.9 Å². The molecule has 34 heavy (non-hydrogen) atoms. The smallest absolute Gasteiger partial charge is 0.213 e. The molecule has 0 saturated heterocycles. The van der Waals surface area contributed by atoms with Crippen molar-refractivity contribution in [1.29, 1.82) is 0 Å². The summed E-state index contributed by atoms with van der Waals surface area (Å²) in [6.07, 6.45) is 0.355. The SMILES string of the molecule is Cc1ccc(C2=NN3[C@H](C2)c2cc(Cl)ccc2O[C@H]3c2ccc(OCc3ccccc3)cc2)o1. The van der Waals surface area contributed by atoms with Crippen LogP contribution in [0.5, 0.6) is 11.5 Å².